The second-order valence-electron chi connectivity index (χ2n) is 7.68. The van der Waals surface area contributed by atoms with Gasteiger partial charge < -0.3 is 19.5 Å². The first-order valence-corrected chi connectivity index (χ1v) is 11.5. The van der Waals surface area contributed by atoms with Gasteiger partial charge in [0.05, 0.1) is 19.1 Å². The lowest BCUT2D eigenvalue weighted by Gasteiger charge is -2.17. The zero-order valence-corrected chi connectivity index (χ0v) is 19.9. The highest BCUT2D eigenvalue weighted by atomic mass is 32.2. The fourth-order valence-electron chi connectivity index (χ4n) is 3.75. The first kappa shape index (κ1) is 24.1. The minimum Gasteiger partial charge on any atom is -0.497 e. The average Bonchev–Trinajstić information content (AvgIpc) is 3.56. The molecule has 0 radical (unpaired) electrons. The third-order valence-corrected chi connectivity index (χ3v) is 6.32. The molecule has 1 aromatic heterocycles. The van der Waals surface area contributed by atoms with Gasteiger partial charge in [-0.1, -0.05) is 6.07 Å². The summed E-state index contributed by atoms with van der Waals surface area (Å²) in [6.45, 7) is 1.52. The van der Waals surface area contributed by atoms with Gasteiger partial charge in [0.2, 0.25) is 5.16 Å². The van der Waals surface area contributed by atoms with Crippen LogP contribution in [0.1, 0.15) is 18.4 Å². The number of nitrogens with zero attached hydrogens (tertiary/aromatic N) is 4. The zero-order chi connectivity index (χ0) is 24.9. The number of carboxylic acid groups (broad SMARTS) is 1. The van der Waals surface area contributed by atoms with Crippen LogP contribution in [0, 0.1) is 10.1 Å². The highest BCUT2D eigenvalue weighted by molar-refractivity contribution is 8.04. The SMILES string of the molecule is COc1cc(OC)cc(-c2nc(S/C(=C/c3ccc(N4CCCC4)c([N+](=O)[O-])c3)C(=O)O)n[nH]2)c1. The number of methoxy groups -OCH3 is 2. The summed E-state index contributed by atoms with van der Waals surface area (Å²) in [5, 5.41) is 28.5. The van der Waals surface area contributed by atoms with Crippen LogP contribution in [0.4, 0.5) is 11.4 Å². The van der Waals surface area contributed by atoms with Crippen molar-refractivity contribution in [1.29, 1.82) is 0 Å². The van der Waals surface area contributed by atoms with Crippen molar-refractivity contribution in [2.45, 2.75) is 18.0 Å². The third-order valence-electron chi connectivity index (χ3n) is 5.44. The van der Waals surface area contributed by atoms with Gasteiger partial charge in [0, 0.05) is 30.8 Å². The zero-order valence-electron chi connectivity index (χ0n) is 19.1. The topological polar surface area (TPSA) is 144 Å². The van der Waals surface area contributed by atoms with E-state index in [1.165, 1.54) is 26.4 Å². The second kappa shape index (κ2) is 10.5. The molecule has 11 nitrogen and oxygen atoms in total. The van der Waals surface area contributed by atoms with Crippen molar-refractivity contribution in [3.63, 3.8) is 0 Å². The van der Waals surface area contributed by atoms with E-state index in [1.54, 1.807) is 30.3 Å². The number of aromatic amines is 1. The number of ether oxygens (including phenoxy) is 2. The Balaban J connectivity index is 1.61. The Kier molecular flexibility index (Phi) is 7.20. The number of benzene rings is 2. The molecule has 1 aliphatic rings. The molecule has 3 aromatic rings. The lowest BCUT2D eigenvalue weighted by Crippen LogP contribution is -2.18. The smallest absolute Gasteiger partial charge is 0.342 e. The van der Waals surface area contributed by atoms with E-state index in [0.29, 0.717) is 34.1 Å². The molecule has 0 bridgehead atoms. The number of aromatic nitrogens is 3. The van der Waals surface area contributed by atoms with Gasteiger partial charge in [0.1, 0.15) is 22.1 Å². The molecule has 2 heterocycles. The van der Waals surface area contributed by atoms with Crippen molar-refractivity contribution < 1.29 is 24.3 Å². The summed E-state index contributed by atoms with van der Waals surface area (Å²) in [7, 11) is 3.07. The van der Waals surface area contributed by atoms with Crippen molar-refractivity contribution in [2.24, 2.45) is 0 Å². The lowest BCUT2D eigenvalue weighted by molar-refractivity contribution is -0.384. The summed E-state index contributed by atoms with van der Waals surface area (Å²) < 4.78 is 10.5. The van der Waals surface area contributed by atoms with Gasteiger partial charge in [0.15, 0.2) is 5.82 Å². The van der Waals surface area contributed by atoms with Crippen LogP contribution in [-0.4, -0.2) is 58.5 Å². The molecule has 0 spiro atoms. The van der Waals surface area contributed by atoms with E-state index in [0.717, 1.165) is 37.7 Å². The van der Waals surface area contributed by atoms with E-state index in [2.05, 4.69) is 15.2 Å². The number of carboxylic acids is 1. The highest BCUT2D eigenvalue weighted by Gasteiger charge is 2.23. The van der Waals surface area contributed by atoms with E-state index in [9.17, 15) is 20.0 Å². The van der Waals surface area contributed by atoms with Gasteiger partial charge in [-0.3, -0.25) is 15.2 Å². The van der Waals surface area contributed by atoms with Crippen LogP contribution in [0.2, 0.25) is 0 Å². The molecular weight excluding hydrogens is 474 g/mol. The van der Waals surface area contributed by atoms with E-state index >= 15 is 0 Å². The van der Waals surface area contributed by atoms with Crippen LogP contribution < -0.4 is 14.4 Å². The Bertz CT molecular complexity index is 1260. The van der Waals surface area contributed by atoms with Gasteiger partial charge in [-0.25, -0.2) is 9.78 Å². The maximum Gasteiger partial charge on any atom is 0.342 e. The van der Waals surface area contributed by atoms with E-state index in [4.69, 9.17) is 9.47 Å². The van der Waals surface area contributed by atoms with Gasteiger partial charge >= 0.3 is 5.97 Å². The van der Waals surface area contributed by atoms with E-state index < -0.39 is 10.9 Å². The molecule has 35 heavy (non-hydrogen) atoms. The van der Waals surface area contributed by atoms with Crippen LogP contribution in [0.15, 0.2) is 46.5 Å². The van der Waals surface area contributed by atoms with E-state index in [-0.39, 0.29) is 15.7 Å². The Morgan fingerprint density at radius 1 is 1.17 bits per heavy atom. The predicted octanol–water partition coefficient (Wildman–Crippen LogP) is 4.22. The molecular formula is C23H23N5O6S. The van der Waals surface area contributed by atoms with Crippen LogP contribution in [0.25, 0.3) is 17.5 Å². The predicted molar refractivity (Wildman–Crippen MR) is 131 cm³/mol. The number of thioether (sulfide) groups is 1. The number of nitro groups is 1. The first-order chi connectivity index (χ1) is 16.9. The van der Waals surface area contributed by atoms with Crippen molar-refractivity contribution in [2.75, 3.05) is 32.2 Å². The van der Waals surface area contributed by atoms with Gasteiger partial charge in [-0.2, -0.15) is 0 Å². The van der Waals surface area contributed by atoms with E-state index in [1.807, 2.05) is 4.90 Å². The standard InChI is InChI=1S/C23H23N5O6S/c1-33-16-11-15(12-17(13-16)34-2)21-24-23(26-25-21)35-20(22(29)30)10-14-5-6-18(19(9-14)28(31)32)27-7-3-4-8-27/h5-6,9-13H,3-4,7-8H2,1-2H3,(H,29,30)(H,24,25,26)/b20-10+. The Labute approximate surface area is 204 Å². The molecule has 0 atom stereocenters. The van der Waals surface area contributed by atoms with Crippen molar-refractivity contribution in [3.05, 3.63) is 57.0 Å². The summed E-state index contributed by atoms with van der Waals surface area (Å²) in [5.41, 5.74) is 1.54. The summed E-state index contributed by atoms with van der Waals surface area (Å²) in [6, 6.07) is 9.94. The van der Waals surface area contributed by atoms with Crippen LogP contribution >= 0.6 is 11.8 Å². The molecule has 0 unspecified atom stereocenters. The van der Waals surface area contributed by atoms with Crippen molar-refractivity contribution >= 4 is 35.2 Å². The molecule has 12 heteroatoms. The number of aliphatic carboxylic acids is 1. The van der Waals surface area contributed by atoms with Crippen LogP contribution in [0.5, 0.6) is 11.5 Å². The number of nitro benzene ring substituents is 1. The number of carbonyl (C=O) groups is 1. The minimum absolute atomic E-state index is 0.0532. The molecule has 1 fully saturated rings. The molecule has 1 aliphatic heterocycles. The van der Waals surface area contributed by atoms with Crippen LogP contribution in [-0.2, 0) is 4.79 Å². The minimum atomic E-state index is -1.20. The third kappa shape index (κ3) is 5.54. The molecule has 0 aliphatic carbocycles. The molecule has 2 aromatic carbocycles. The normalized spacial score (nSPS) is 13.7. The Hall–Kier alpha value is -4.06. The largest absolute Gasteiger partial charge is 0.497 e. The quantitative estimate of drug-likeness (QED) is 0.191. The Morgan fingerprint density at radius 2 is 1.86 bits per heavy atom. The Morgan fingerprint density at radius 3 is 2.46 bits per heavy atom. The molecule has 0 amide bonds. The number of nitrogens with one attached hydrogen (secondary N) is 1. The summed E-state index contributed by atoms with van der Waals surface area (Å²) in [6.07, 6.45) is 3.35. The van der Waals surface area contributed by atoms with Gasteiger partial charge in [-0.05, 0) is 54.4 Å². The lowest BCUT2D eigenvalue weighted by atomic mass is 10.1. The molecule has 0 saturated carbocycles. The molecule has 2 N–H and O–H groups in total. The van der Waals surface area contributed by atoms with Gasteiger partial charge in [-0.15, -0.1) is 5.10 Å². The monoisotopic (exact) mass is 497 g/mol. The first-order valence-electron chi connectivity index (χ1n) is 10.7. The fraction of sp³-hybridized carbons (Fsp3) is 0.261. The summed E-state index contributed by atoms with van der Waals surface area (Å²) >= 11 is 0.836. The summed E-state index contributed by atoms with van der Waals surface area (Å²) in [4.78, 5) is 29.4. The van der Waals surface area contributed by atoms with Crippen molar-refractivity contribution in [3.8, 4) is 22.9 Å². The van der Waals surface area contributed by atoms with Gasteiger partial charge in [0.25, 0.3) is 5.69 Å². The molecule has 1 saturated heterocycles. The highest BCUT2D eigenvalue weighted by Crippen LogP contribution is 2.34. The summed E-state index contributed by atoms with van der Waals surface area (Å²) in [5.74, 6) is 0.334. The van der Waals surface area contributed by atoms with Crippen LogP contribution in [0.3, 0.4) is 0 Å². The fourth-order valence-corrected chi connectivity index (χ4v) is 4.46. The number of hydrogen-bond donors (Lipinski definition) is 2. The number of rotatable bonds is 9. The molecule has 4 rings (SSSR count). The number of H-pyrrole nitrogens is 1. The van der Waals surface area contributed by atoms with Crippen molar-refractivity contribution in [1.82, 2.24) is 15.2 Å². The number of hydrogen-bond acceptors (Lipinski definition) is 9. The second-order valence-corrected chi connectivity index (χ2v) is 8.69. The maximum absolute atomic E-state index is 11.9. The number of anilines is 1. The average molecular weight is 498 g/mol. The maximum atomic E-state index is 11.9. The molecule has 182 valence electrons.